The summed E-state index contributed by atoms with van der Waals surface area (Å²) < 4.78 is 9.88. The monoisotopic (exact) mass is 432 g/mol. The fraction of sp³-hybridized carbons (Fsp3) is 0.333. The van der Waals surface area contributed by atoms with Crippen molar-refractivity contribution in [2.24, 2.45) is 0 Å². The third-order valence-corrected chi connectivity index (χ3v) is 2.74. The van der Waals surface area contributed by atoms with Crippen LogP contribution in [0.25, 0.3) is 0 Å². The summed E-state index contributed by atoms with van der Waals surface area (Å²) >= 11 is 0. The molecule has 0 atom stereocenters. The van der Waals surface area contributed by atoms with Gasteiger partial charge in [-0.2, -0.15) is 13.5 Å². The molecule has 0 heterocycles. The normalized spacial score (nSPS) is 8.37. The number of aliphatic hydroxyl groups is 1. The van der Waals surface area contributed by atoms with Crippen LogP contribution >= 0.6 is 13.5 Å². The van der Waals surface area contributed by atoms with Crippen molar-refractivity contribution >= 4 is 38.4 Å². The molecule has 9 heteroatoms. The summed E-state index contributed by atoms with van der Waals surface area (Å²) in [5.74, 6) is 0.281. The molecule has 0 unspecified atom stereocenters. The summed E-state index contributed by atoms with van der Waals surface area (Å²) in [5.41, 5.74) is 2.01. The summed E-state index contributed by atoms with van der Waals surface area (Å²) in [6.07, 6.45) is 0. The fourth-order valence-electron chi connectivity index (χ4n) is 1.66. The SMILES string of the molecule is CCOCCOCCO.Oc1ccc(Nc2ccccc2)cc1.S.[Na+].[Na+].[SH-]. The summed E-state index contributed by atoms with van der Waals surface area (Å²) in [6.45, 7) is 4.36. The molecule has 142 valence electrons. The molecule has 0 spiro atoms. The topological polar surface area (TPSA) is 71.0 Å². The van der Waals surface area contributed by atoms with Gasteiger partial charge in [0.1, 0.15) is 5.75 Å². The molecule has 0 aliphatic rings. The van der Waals surface area contributed by atoms with Crippen LogP contribution in [-0.2, 0) is 23.0 Å². The maximum absolute atomic E-state index is 9.09. The van der Waals surface area contributed by atoms with E-state index in [-0.39, 0.29) is 98.5 Å². The summed E-state index contributed by atoms with van der Waals surface area (Å²) in [6, 6.07) is 16.9. The first-order valence-electron chi connectivity index (χ1n) is 7.63. The van der Waals surface area contributed by atoms with Gasteiger partial charge in [0.25, 0.3) is 0 Å². The Morgan fingerprint density at radius 1 is 0.815 bits per heavy atom. The minimum Gasteiger partial charge on any atom is -0.813 e. The van der Waals surface area contributed by atoms with E-state index in [1.54, 1.807) is 12.1 Å². The number of phenolic OH excluding ortho intramolecular Hbond substituents is 1. The van der Waals surface area contributed by atoms with Gasteiger partial charge >= 0.3 is 59.1 Å². The predicted molar refractivity (Wildman–Crippen MR) is 111 cm³/mol. The van der Waals surface area contributed by atoms with E-state index in [4.69, 9.17) is 19.7 Å². The van der Waals surface area contributed by atoms with Crippen LogP contribution in [0.2, 0.25) is 0 Å². The molecule has 3 N–H and O–H groups in total. The molecule has 2 rings (SSSR count). The Hall–Kier alpha value is 0.620. The summed E-state index contributed by atoms with van der Waals surface area (Å²) in [4.78, 5) is 0. The second-order valence-corrected chi connectivity index (χ2v) is 4.57. The number of benzene rings is 2. The zero-order valence-corrected chi connectivity index (χ0v) is 22.3. The zero-order chi connectivity index (χ0) is 16.8. The number of thiol groups is 1. The number of aromatic hydroxyl groups is 1. The van der Waals surface area contributed by atoms with Gasteiger partial charge in [-0.15, -0.1) is 0 Å². The smallest absolute Gasteiger partial charge is 0.813 e. The van der Waals surface area contributed by atoms with E-state index < -0.39 is 0 Å². The van der Waals surface area contributed by atoms with Gasteiger partial charge in [0, 0.05) is 18.0 Å². The number of phenols is 1. The van der Waals surface area contributed by atoms with Crippen LogP contribution < -0.4 is 64.4 Å². The second-order valence-electron chi connectivity index (χ2n) is 4.57. The Morgan fingerprint density at radius 3 is 1.85 bits per heavy atom. The maximum atomic E-state index is 9.09. The van der Waals surface area contributed by atoms with Crippen molar-refractivity contribution in [3.8, 4) is 5.75 Å². The summed E-state index contributed by atoms with van der Waals surface area (Å²) in [7, 11) is 0. The van der Waals surface area contributed by atoms with Crippen LogP contribution in [-0.4, -0.2) is 43.2 Å². The van der Waals surface area contributed by atoms with Gasteiger partial charge in [-0.05, 0) is 43.3 Å². The quantitative estimate of drug-likeness (QED) is 0.136. The van der Waals surface area contributed by atoms with E-state index in [0.717, 1.165) is 18.0 Å². The molecule has 2 aromatic rings. The van der Waals surface area contributed by atoms with Crippen molar-refractivity contribution in [3.63, 3.8) is 0 Å². The molecule has 2 aromatic carbocycles. The van der Waals surface area contributed by atoms with Crippen LogP contribution in [0.15, 0.2) is 54.6 Å². The molecule has 0 radical (unpaired) electrons. The van der Waals surface area contributed by atoms with Gasteiger partial charge in [-0.25, -0.2) is 0 Å². The van der Waals surface area contributed by atoms with E-state index in [1.165, 1.54) is 0 Å². The minimum atomic E-state index is 0. The Labute approximate surface area is 220 Å². The largest absolute Gasteiger partial charge is 1.00 e. The second kappa shape index (κ2) is 24.7. The molecule has 0 aromatic heterocycles. The maximum Gasteiger partial charge on any atom is 1.00 e. The van der Waals surface area contributed by atoms with Gasteiger partial charge in [0.15, 0.2) is 0 Å². The summed E-state index contributed by atoms with van der Waals surface area (Å²) in [5, 5.41) is 20.6. The number of ether oxygens (including phenoxy) is 2. The molecule has 27 heavy (non-hydrogen) atoms. The van der Waals surface area contributed by atoms with Crippen LogP contribution in [0.3, 0.4) is 0 Å². The first-order chi connectivity index (χ1) is 11.3. The van der Waals surface area contributed by atoms with Crippen molar-refractivity contribution < 1.29 is 78.8 Å². The number of aliphatic hydroxyl groups excluding tert-OH is 1. The molecular weight excluding hydrogens is 404 g/mol. The average Bonchev–Trinajstić information content (AvgIpc) is 2.59. The van der Waals surface area contributed by atoms with E-state index in [9.17, 15) is 0 Å². The van der Waals surface area contributed by atoms with Crippen LogP contribution in [0.4, 0.5) is 11.4 Å². The molecular formula is C18H28NNa2O4S2+. The molecule has 0 saturated carbocycles. The molecule has 0 saturated heterocycles. The van der Waals surface area contributed by atoms with E-state index >= 15 is 0 Å². The third kappa shape index (κ3) is 19.7. The minimum absolute atomic E-state index is 0. The van der Waals surface area contributed by atoms with Crippen LogP contribution in [0, 0.1) is 0 Å². The van der Waals surface area contributed by atoms with Gasteiger partial charge in [0.05, 0.1) is 26.4 Å². The Morgan fingerprint density at radius 2 is 1.33 bits per heavy atom. The Balaban J connectivity index is -0.000000184. The van der Waals surface area contributed by atoms with Crippen molar-refractivity contribution in [3.05, 3.63) is 54.6 Å². The standard InChI is InChI=1S/C12H11NO.C6H14O3.2Na.2H2S/c14-12-8-6-11(7-9-12)13-10-4-2-1-3-5-10;1-2-8-5-6-9-4-3-7;;;;/h1-9,13-14H;7H,2-6H2,1H3;;;2*1H2/q;;2*+1;;/p-1. The number of hydrogen-bond donors (Lipinski definition) is 3. The molecule has 0 bridgehead atoms. The number of hydrogen-bond acceptors (Lipinski definition) is 6. The van der Waals surface area contributed by atoms with Crippen molar-refractivity contribution in [2.45, 2.75) is 6.92 Å². The zero-order valence-electron chi connectivity index (χ0n) is 16.4. The van der Waals surface area contributed by atoms with Gasteiger partial charge < -0.3 is 38.5 Å². The molecule has 0 amide bonds. The van der Waals surface area contributed by atoms with Crippen molar-refractivity contribution in [2.75, 3.05) is 38.4 Å². The first-order valence-corrected chi connectivity index (χ1v) is 7.63. The van der Waals surface area contributed by atoms with E-state index in [2.05, 4.69) is 5.32 Å². The first kappa shape index (κ1) is 35.1. The number of anilines is 2. The van der Waals surface area contributed by atoms with E-state index in [0.29, 0.717) is 19.8 Å². The van der Waals surface area contributed by atoms with Crippen LogP contribution in [0.5, 0.6) is 5.75 Å². The molecule has 0 aliphatic carbocycles. The van der Waals surface area contributed by atoms with Crippen molar-refractivity contribution in [1.82, 2.24) is 0 Å². The number of nitrogens with one attached hydrogen (secondary N) is 1. The number of para-hydroxylation sites is 1. The van der Waals surface area contributed by atoms with E-state index in [1.807, 2.05) is 49.4 Å². The number of rotatable bonds is 8. The predicted octanol–water partition coefficient (Wildman–Crippen LogP) is -2.98. The average molecular weight is 433 g/mol. The van der Waals surface area contributed by atoms with Gasteiger partial charge in [-0.1, -0.05) is 18.2 Å². The molecule has 5 nitrogen and oxygen atoms in total. The van der Waals surface area contributed by atoms with Gasteiger partial charge in [-0.3, -0.25) is 0 Å². The van der Waals surface area contributed by atoms with Gasteiger partial charge in [0.2, 0.25) is 0 Å². The molecule has 0 fully saturated rings. The third-order valence-electron chi connectivity index (χ3n) is 2.74. The van der Waals surface area contributed by atoms with Crippen molar-refractivity contribution in [1.29, 1.82) is 0 Å². The Kier molecular flexibility index (Phi) is 32.0. The van der Waals surface area contributed by atoms with Crippen LogP contribution in [0.1, 0.15) is 6.92 Å². The fourth-order valence-corrected chi connectivity index (χ4v) is 1.66. The molecule has 0 aliphatic heterocycles. The Bertz CT molecular complexity index is 517.